The van der Waals surface area contributed by atoms with Crippen molar-refractivity contribution in [3.05, 3.63) is 122 Å². The van der Waals surface area contributed by atoms with E-state index in [2.05, 4.69) is 5.32 Å². The van der Waals surface area contributed by atoms with Gasteiger partial charge in [-0.05, 0) is 55.5 Å². The first-order valence-electron chi connectivity index (χ1n) is 16.5. The molecule has 0 aliphatic carbocycles. The maximum Gasteiger partial charge on any atom is 0.416 e. The average Bonchev–Trinajstić information content (AvgIpc) is 3.06. The van der Waals surface area contributed by atoms with E-state index in [9.17, 15) is 32.3 Å². The van der Waals surface area contributed by atoms with Gasteiger partial charge in [0.15, 0.2) is 11.6 Å². The second-order valence-corrected chi connectivity index (χ2v) is 13.3. The molecule has 2 N–H and O–H groups in total. The number of nitrogens with one attached hydrogen (secondary N) is 1. The van der Waals surface area contributed by atoms with Crippen LogP contribution in [0.25, 0.3) is 11.1 Å². The second kappa shape index (κ2) is 16.5. The number of hydrogen-bond acceptors (Lipinski definition) is 6. The normalized spacial score (nSPS) is 12.5. The highest BCUT2D eigenvalue weighted by Gasteiger charge is 2.36. The zero-order valence-corrected chi connectivity index (χ0v) is 29.2. The molecule has 9 nitrogen and oxygen atoms in total. The highest BCUT2D eigenvalue weighted by atomic mass is 19.4. The smallest absolute Gasteiger partial charge is 0.416 e. The van der Waals surface area contributed by atoms with E-state index in [-0.39, 0.29) is 60.6 Å². The lowest BCUT2D eigenvalue weighted by Crippen LogP contribution is -2.46. The van der Waals surface area contributed by atoms with E-state index in [1.807, 2.05) is 0 Å². The molecule has 0 bridgehead atoms. The molecule has 0 amide bonds. The van der Waals surface area contributed by atoms with E-state index in [1.165, 1.54) is 32.2 Å². The van der Waals surface area contributed by atoms with Crippen molar-refractivity contribution in [1.29, 1.82) is 0 Å². The van der Waals surface area contributed by atoms with Crippen molar-refractivity contribution in [2.24, 2.45) is 5.41 Å². The molecule has 1 unspecified atom stereocenters. The molecule has 0 saturated carbocycles. The fourth-order valence-corrected chi connectivity index (χ4v) is 6.39. The predicted octanol–water partition coefficient (Wildman–Crippen LogP) is 6.77. The fourth-order valence-electron chi connectivity index (χ4n) is 6.39. The van der Waals surface area contributed by atoms with Crippen molar-refractivity contribution in [1.82, 2.24) is 14.5 Å². The maximum absolute atomic E-state index is 16.2. The number of aromatic nitrogens is 2. The van der Waals surface area contributed by atoms with Crippen LogP contribution in [0.5, 0.6) is 5.75 Å². The maximum atomic E-state index is 16.2. The van der Waals surface area contributed by atoms with E-state index in [4.69, 9.17) is 9.84 Å². The van der Waals surface area contributed by atoms with Crippen LogP contribution in [0.1, 0.15) is 68.5 Å². The number of Topliss-reactive ketones (excluding diaryl/α,β-unsaturated/α-hetero) is 1. The Morgan fingerprint density at radius 3 is 2.23 bits per heavy atom. The molecule has 1 aromatic heterocycles. The molecule has 0 aliphatic heterocycles. The molecule has 0 aliphatic rings. The van der Waals surface area contributed by atoms with Gasteiger partial charge in [-0.3, -0.25) is 18.7 Å². The number of nitrogens with zero attached hydrogens (tertiary/aromatic N) is 2. The van der Waals surface area contributed by atoms with E-state index in [0.717, 1.165) is 21.3 Å². The number of rotatable bonds is 16. The molecule has 0 spiro atoms. The molecule has 1 heterocycles. The first kappa shape index (κ1) is 39.7. The summed E-state index contributed by atoms with van der Waals surface area (Å²) < 4.78 is 81.1. The van der Waals surface area contributed by atoms with Crippen LogP contribution < -0.4 is 21.3 Å². The van der Waals surface area contributed by atoms with E-state index in [0.29, 0.717) is 11.6 Å². The number of methoxy groups -OCH3 is 1. The third-order valence-electron chi connectivity index (χ3n) is 8.63. The molecule has 3 aromatic carbocycles. The Balaban J connectivity index is 2.10. The Labute approximate surface area is 296 Å². The van der Waals surface area contributed by atoms with Crippen LogP contribution in [0.15, 0.2) is 76.3 Å². The molecule has 52 heavy (non-hydrogen) atoms. The molecular formula is C38H40F5N3O6. The summed E-state index contributed by atoms with van der Waals surface area (Å²) in [5, 5.41) is 12.3. The highest BCUT2D eigenvalue weighted by molar-refractivity contribution is 5.76. The van der Waals surface area contributed by atoms with Gasteiger partial charge < -0.3 is 20.0 Å². The predicted molar refractivity (Wildman–Crippen MR) is 184 cm³/mol. The number of aliphatic carboxylic acids is 1. The van der Waals surface area contributed by atoms with Gasteiger partial charge in [-0.2, -0.15) is 13.2 Å². The Hall–Kier alpha value is -5.11. The van der Waals surface area contributed by atoms with E-state index >= 15 is 8.78 Å². The summed E-state index contributed by atoms with van der Waals surface area (Å²) in [6.07, 6.45) is -5.35. The lowest BCUT2D eigenvalue weighted by Gasteiger charge is -2.29. The van der Waals surface area contributed by atoms with Gasteiger partial charge in [-0.15, -0.1) is 0 Å². The molecule has 1 atom stereocenters. The standard InChI is InChI=1S/C38H40F5N3O6/c1-23(47)19-37(2,3)20-30-33(25-13-8-16-31(52-4)34(25)40)35(50)46(22-29(24-11-6-5-7-12-24)44-18-10-17-32(48)49)36(51)45(30)21-26-27(38(41,42)43)14-9-15-28(26)39/h5-9,11-16,29,44H,10,17-22H2,1-4H3,(H,48,49). The average molecular weight is 730 g/mol. The number of carboxylic acid groups (broad SMARTS) is 1. The Kier molecular flexibility index (Phi) is 12.6. The van der Waals surface area contributed by atoms with E-state index in [1.54, 1.807) is 44.2 Å². The molecule has 0 saturated heterocycles. The SMILES string of the molecule is COc1cccc(-c2c(CC(C)(C)CC(C)=O)n(Cc3c(F)cccc3C(F)(F)F)c(=O)n(CC(NCCCC(=O)O)c3ccccc3)c2=O)c1F. The van der Waals surface area contributed by atoms with Crippen LogP contribution in [0.3, 0.4) is 0 Å². The van der Waals surface area contributed by atoms with Gasteiger partial charge >= 0.3 is 17.8 Å². The van der Waals surface area contributed by atoms with Gasteiger partial charge in [0, 0.05) is 29.7 Å². The Morgan fingerprint density at radius 2 is 1.62 bits per heavy atom. The van der Waals surface area contributed by atoms with E-state index < -0.39 is 70.7 Å². The Morgan fingerprint density at radius 1 is 0.942 bits per heavy atom. The second-order valence-electron chi connectivity index (χ2n) is 13.3. The van der Waals surface area contributed by atoms with Crippen molar-refractivity contribution in [3.8, 4) is 16.9 Å². The zero-order chi connectivity index (χ0) is 38.4. The summed E-state index contributed by atoms with van der Waals surface area (Å²) >= 11 is 0. The number of alkyl halides is 3. The quantitative estimate of drug-likeness (QED) is 0.0965. The third kappa shape index (κ3) is 9.40. The molecule has 278 valence electrons. The largest absolute Gasteiger partial charge is 0.494 e. The lowest BCUT2D eigenvalue weighted by molar-refractivity contribution is -0.139. The Bertz CT molecular complexity index is 2040. The zero-order valence-electron chi connectivity index (χ0n) is 29.2. The van der Waals surface area contributed by atoms with Crippen LogP contribution in [0, 0.1) is 17.0 Å². The van der Waals surface area contributed by atoms with Crippen molar-refractivity contribution >= 4 is 11.8 Å². The summed E-state index contributed by atoms with van der Waals surface area (Å²) in [7, 11) is 1.20. The number of carboxylic acids is 1. The number of carbonyl (C=O) groups is 2. The number of halogens is 5. The van der Waals surface area contributed by atoms with Crippen LogP contribution in [-0.4, -0.2) is 39.6 Å². The minimum absolute atomic E-state index is 0.0752. The summed E-state index contributed by atoms with van der Waals surface area (Å²) in [6.45, 7) is 3.36. The molecular weight excluding hydrogens is 689 g/mol. The summed E-state index contributed by atoms with van der Waals surface area (Å²) in [5.41, 5.74) is -5.64. The monoisotopic (exact) mass is 729 g/mol. The van der Waals surface area contributed by atoms with Crippen molar-refractivity contribution in [3.63, 3.8) is 0 Å². The minimum atomic E-state index is -5.02. The summed E-state index contributed by atoms with van der Waals surface area (Å²) in [4.78, 5) is 52.7. The van der Waals surface area contributed by atoms with Gasteiger partial charge in [0.1, 0.15) is 11.6 Å². The number of carbonyl (C=O) groups excluding carboxylic acids is 1. The first-order valence-corrected chi connectivity index (χ1v) is 16.5. The lowest BCUT2D eigenvalue weighted by atomic mass is 9.81. The molecule has 14 heteroatoms. The van der Waals surface area contributed by atoms with Crippen LogP contribution in [-0.2, 0) is 35.3 Å². The minimum Gasteiger partial charge on any atom is -0.494 e. The third-order valence-corrected chi connectivity index (χ3v) is 8.63. The number of hydrogen-bond donors (Lipinski definition) is 2. The van der Waals surface area contributed by atoms with Crippen LogP contribution in [0.4, 0.5) is 22.0 Å². The van der Waals surface area contributed by atoms with Crippen molar-refractivity contribution in [2.75, 3.05) is 13.7 Å². The van der Waals surface area contributed by atoms with Crippen LogP contribution in [0.2, 0.25) is 0 Å². The first-order chi connectivity index (χ1) is 24.4. The summed E-state index contributed by atoms with van der Waals surface area (Å²) in [5.74, 6) is -3.79. The number of benzene rings is 3. The van der Waals surface area contributed by atoms with Gasteiger partial charge in [-0.25, -0.2) is 13.6 Å². The number of ether oxygens (including phenoxy) is 1. The van der Waals surface area contributed by atoms with Gasteiger partial charge in [0.05, 0.1) is 37.4 Å². The van der Waals surface area contributed by atoms with Gasteiger partial charge in [-0.1, -0.05) is 62.4 Å². The van der Waals surface area contributed by atoms with Gasteiger partial charge in [0.2, 0.25) is 0 Å². The molecule has 4 aromatic rings. The highest BCUT2D eigenvalue weighted by Crippen LogP contribution is 2.36. The molecule has 4 rings (SSSR count). The van der Waals surface area contributed by atoms with Crippen molar-refractivity contribution < 1.29 is 41.4 Å². The summed E-state index contributed by atoms with van der Waals surface area (Å²) in [6, 6.07) is 14.1. The van der Waals surface area contributed by atoms with Crippen LogP contribution >= 0.6 is 0 Å². The van der Waals surface area contributed by atoms with Crippen molar-refractivity contribution in [2.45, 2.75) is 71.8 Å². The number of ketones is 1. The molecule has 0 fully saturated rings. The fraction of sp³-hybridized carbons (Fsp3) is 0.368. The molecule has 0 radical (unpaired) electrons. The van der Waals surface area contributed by atoms with Gasteiger partial charge in [0.25, 0.3) is 5.56 Å². The topological polar surface area (TPSA) is 120 Å².